The van der Waals surface area contributed by atoms with Crippen molar-refractivity contribution in [2.45, 2.75) is 59.8 Å². The minimum atomic E-state index is 0.0299. The third kappa shape index (κ3) is 2.55. The molecule has 2 heteroatoms. The molecule has 0 spiro atoms. The van der Waals surface area contributed by atoms with E-state index in [-0.39, 0.29) is 5.41 Å². The molecular weight excluding hydrogens is 184 g/mol. The van der Waals surface area contributed by atoms with Crippen molar-refractivity contribution in [1.82, 2.24) is 9.97 Å². The number of aromatic nitrogens is 2. The molecule has 1 aromatic rings. The average Bonchev–Trinajstić information content (AvgIpc) is 2.06. The summed E-state index contributed by atoms with van der Waals surface area (Å²) in [5, 5.41) is 0. The van der Waals surface area contributed by atoms with Gasteiger partial charge in [0, 0.05) is 16.8 Å². The highest BCUT2D eigenvalue weighted by Crippen LogP contribution is 2.24. The van der Waals surface area contributed by atoms with Gasteiger partial charge in [-0.05, 0) is 25.3 Å². The van der Waals surface area contributed by atoms with Crippen molar-refractivity contribution in [2.24, 2.45) is 0 Å². The highest BCUT2D eigenvalue weighted by atomic mass is 14.9. The second-order valence-electron chi connectivity index (χ2n) is 5.55. The summed E-state index contributed by atoms with van der Waals surface area (Å²) in [6, 6.07) is 0. The van der Waals surface area contributed by atoms with Gasteiger partial charge in [-0.25, -0.2) is 9.97 Å². The van der Waals surface area contributed by atoms with Crippen LogP contribution < -0.4 is 0 Å². The Labute approximate surface area is 93.2 Å². The Morgan fingerprint density at radius 3 is 1.93 bits per heavy atom. The zero-order valence-electron chi connectivity index (χ0n) is 11.0. The summed E-state index contributed by atoms with van der Waals surface area (Å²) in [4.78, 5) is 9.27. The zero-order chi connectivity index (χ0) is 11.8. The average molecular weight is 206 g/mol. The maximum atomic E-state index is 4.69. The van der Waals surface area contributed by atoms with Crippen molar-refractivity contribution in [2.75, 3.05) is 0 Å². The molecule has 0 atom stereocenters. The smallest absolute Gasteiger partial charge is 0.134 e. The predicted octanol–water partition coefficient (Wildman–Crippen LogP) is 3.51. The quantitative estimate of drug-likeness (QED) is 0.702. The fraction of sp³-hybridized carbons (Fsp3) is 0.692. The molecule has 2 nitrogen and oxygen atoms in total. The van der Waals surface area contributed by atoms with Gasteiger partial charge in [-0.15, -0.1) is 0 Å². The fourth-order valence-corrected chi connectivity index (χ4v) is 1.55. The lowest BCUT2D eigenvalue weighted by atomic mass is 9.94. The van der Waals surface area contributed by atoms with E-state index >= 15 is 0 Å². The van der Waals surface area contributed by atoms with Crippen LogP contribution in [-0.4, -0.2) is 9.97 Å². The number of nitrogens with zero attached hydrogens (tertiary/aromatic N) is 2. The normalized spacial score (nSPS) is 12.3. The Kier molecular flexibility index (Phi) is 3.17. The van der Waals surface area contributed by atoms with Crippen LogP contribution in [-0.2, 0) is 5.41 Å². The highest BCUT2D eigenvalue weighted by Gasteiger charge is 2.20. The molecule has 84 valence electrons. The lowest BCUT2D eigenvalue weighted by Crippen LogP contribution is -2.19. The van der Waals surface area contributed by atoms with Crippen LogP contribution in [0, 0.1) is 13.8 Å². The molecule has 1 rings (SSSR count). The third-order valence-corrected chi connectivity index (χ3v) is 2.64. The van der Waals surface area contributed by atoms with Gasteiger partial charge < -0.3 is 0 Å². The molecule has 0 saturated heterocycles. The van der Waals surface area contributed by atoms with Crippen molar-refractivity contribution in [3.8, 4) is 0 Å². The standard InChI is InChI=1S/C13H22N2/c1-8(2)11-9(3)10(4)14-12(15-11)13(5,6)7/h8H,1-7H3. The SMILES string of the molecule is Cc1nc(C(C)(C)C)nc(C(C)C)c1C. The Morgan fingerprint density at radius 1 is 1.00 bits per heavy atom. The van der Waals surface area contributed by atoms with Crippen LogP contribution in [0.25, 0.3) is 0 Å². The second kappa shape index (κ2) is 3.92. The first-order valence-electron chi connectivity index (χ1n) is 5.59. The van der Waals surface area contributed by atoms with Crippen molar-refractivity contribution in [1.29, 1.82) is 0 Å². The minimum absolute atomic E-state index is 0.0299. The molecule has 0 fully saturated rings. The summed E-state index contributed by atoms with van der Waals surface area (Å²) >= 11 is 0. The Bertz CT molecular complexity index is 360. The van der Waals surface area contributed by atoms with E-state index in [1.807, 2.05) is 0 Å². The van der Waals surface area contributed by atoms with E-state index in [1.165, 1.54) is 11.3 Å². The first-order chi connectivity index (χ1) is 6.73. The Balaban J connectivity index is 3.36. The van der Waals surface area contributed by atoms with Gasteiger partial charge in [-0.3, -0.25) is 0 Å². The molecule has 1 aromatic heterocycles. The maximum Gasteiger partial charge on any atom is 0.134 e. The van der Waals surface area contributed by atoms with Crippen LogP contribution in [0.2, 0.25) is 0 Å². The monoisotopic (exact) mass is 206 g/mol. The van der Waals surface area contributed by atoms with Crippen molar-refractivity contribution < 1.29 is 0 Å². The van der Waals surface area contributed by atoms with E-state index in [9.17, 15) is 0 Å². The molecule has 0 bridgehead atoms. The van der Waals surface area contributed by atoms with E-state index in [0.717, 1.165) is 11.5 Å². The molecule has 0 N–H and O–H groups in total. The number of aryl methyl sites for hydroxylation is 1. The number of hydrogen-bond donors (Lipinski definition) is 0. The highest BCUT2D eigenvalue weighted by molar-refractivity contribution is 5.27. The summed E-state index contributed by atoms with van der Waals surface area (Å²) < 4.78 is 0. The lowest BCUT2D eigenvalue weighted by molar-refractivity contribution is 0.535. The fourth-order valence-electron chi connectivity index (χ4n) is 1.55. The topological polar surface area (TPSA) is 25.8 Å². The minimum Gasteiger partial charge on any atom is -0.237 e. The molecule has 0 amide bonds. The van der Waals surface area contributed by atoms with Gasteiger partial charge >= 0.3 is 0 Å². The van der Waals surface area contributed by atoms with Gasteiger partial charge in [0.25, 0.3) is 0 Å². The van der Waals surface area contributed by atoms with Crippen LogP contribution in [0.4, 0.5) is 0 Å². The largest absolute Gasteiger partial charge is 0.237 e. The molecule has 0 aliphatic carbocycles. The molecule has 0 aliphatic rings. The van der Waals surface area contributed by atoms with Crippen molar-refractivity contribution in [3.05, 3.63) is 22.8 Å². The van der Waals surface area contributed by atoms with Crippen LogP contribution in [0.1, 0.15) is 63.3 Å². The van der Waals surface area contributed by atoms with Gasteiger partial charge in [-0.2, -0.15) is 0 Å². The van der Waals surface area contributed by atoms with E-state index in [4.69, 9.17) is 4.98 Å². The Morgan fingerprint density at radius 2 is 1.53 bits per heavy atom. The van der Waals surface area contributed by atoms with Crippen LogP contribution in [0.5, 0.6) is 0 Å². The molecule has 0 aromatic carbocycles. The second-order valence-corrected chi connectivity index (χ2v) is 5.55. The molecule has 1 heterocycles. The number of hydrogen-bond acceptors (Lipinski definition) is 2. The van der Waals surface area contributed by atoms with Crippen molar-refractivity contribution in [3.63, 3.8) is 0 Å². The van der Waals surface area contributed by atoms with Crippen molar-refractivity contribution >= 4 is 0 Å². The lowest BCUT2D eigenvalue weighted by Gasteiger charge is -2.20. The maximum absolute atomic E-state index is 4.69. The van der Waals surface area contributed by atoms with E-state index in [2.05, 4.69) is 53.5 Å². The molecule has 0 unspecified atom stereocenters. The molecule has 0 radical (unpaired) electrons. The van der Waals surface area contributed by atoms with Crippen LogP contribution in [0.3, 0.4) is 0 Å². The molecule has 15 heavy (non-hydrogen) atoms. The number of rotatable bonds is 1. The van der Waals surface area contributed by atoms with Gasteiger partial charge in [-0.1, -0.05) is 34.6 Å². The Hall–Kier alpha value is -0.920. The van der Waals surface area contributed by atoms with Crippen LogP contribution in [0.15, 0.2) is 0 Å². The predicted molar refractivity (Wildman–Crippen MR) is 64.3 cm³/mol. The summed E-state index contributed by atoms with van der Waals surface area (Å²) in [6.07, 6.45) is 0. The summed E-state index contributed by atoms with van der Waals surface area (Å²) in [5.41, 5.74) is 3.56. The zero-order valence-corrected chi connectivity index (χ0v) is 11.0. The van der Waals surface area contributed by atoms with Gasteiger partial charge in [0.15, 0.2) is 0 Å². The summed E-state index contributed by atoms with van der Waals surface area (Å²) in [7, 11) is 0. The first kappa shape index (κ1) is 12.2. The molecular formula is C13H22N2. The van der Waals surface area contributed by atoms with Gasteiger partial charge in [0.2, 0.25) is 0 Å². The van der Waals surface area contributed by atoms with Crippen LogP contribution >= 0.6 is 0 Å². The third-order valence-electron chi connectivity index (χ3n) is 2.64. The van der Waals surface area contributed by atoms with E-state index in [1.54, 1.807) is 0 Å². The van der Waals surface area contributed by atoms with E-state index < -0.39 is 0 Å². The summed E-state index contributed by atoms with van der Waals surface area (Å²) in [5.74, 6) is 1.42. The molecule has 0 aliphatic heterocycles. The van der Waals surface area contributed by atoms with Gasteiger partial charge in [0.1, 0.15) is 5.82 Å². The summed E-state index contributed by atoms with van der Waals surface area (Å²) in [6.45, 7) is 15.0. The molecule has 0 saturated carbocycles. The van der Waals surface area contributed by atoms with E-state index in [0.29, 0.717) is 5.92 Å². The van der Waals surface area contributed by atoms with Gasteiger partial charge in [0.05, 0.1) is 0 Å². The first-order valence-corrected chi connectivity index (χ1v) is 5.59.